The van der Waals surface area contributed by atoms with E-state index in [-0.39, 0.29) is 0 Å². The van der Waals surface area contributed by atoms with Crippen molar-refractivity contribution in [2.24, 2.45) is 0 Å². The van der Waals surface area contributed by atoms with Gasteiger partial charge in [-0.25, -0.2) is 9.50 Å². The van der Waals surface area contributed by atoms with E-state index >= 15 is 0 Å². The van der Waals surface area contributed by atoms with Crippen LogP contribution in [0, 0.1) is 18.3 Å². The second-order valence-electron chi connectivity index (χ2n) is 2.52. The molecule has 0 saturated carbocycles. The molecule has 0 atom stereocenters. The fourth-order valence-electron chi connectivity index (χ4n) is 1.03. The number of rotatable bonds is 0. The quantitative estimate of drug-likeness (QED) is 0.572. The van der Waals surface area contributed by atoms with Gasteiger partial charge < -0.3 is 0 Å². The molecule has 0 N–H and O–H groups in total. The minimum absolute atomic E-state index is 0.396. The SMILES string of the molecule is Cc1ccc2nc(C#N)cn2n1. The van der Waals surface area contributed by atoms with Crippen molar-refractivity contribution in [1.29, 1.82) is 5.26 Å². The summed E-state index contributed by atoms with van der Waals surface area (Å²) < 4.78 is 1.61. The summed E-state index contributed by atoms with van der Waals surface area (Å²) in [4.78, 5) is 4.01. The number of imidazole rings is 1. The normalized spacial score (nSPS) is 10.0. The van der Waals surface area contributed by atoms with E-state index in [1.54, 1.807) is 10.7 Å². The monoisotopic (exact) mass is 158 g/mol. The minimum atomic E-state index is 0.396. The highest BCUT2D eigenvalue weighted by Crippen LogP contribution is 2.02. The lowest BCUT2D eigenvalue weighted by atomic mass is 10.4. The predicted octanol–water partition coefficient (Wildman–Crippen LogP) is 0.909. The van der Waals surface area contributed by atoms with Gasteiger partial charge >= 0.3 is 0 Å². The standard InChI is InChI=1S/C8H6N4/c1-6-2-3-8-10-7(4-9)5-12(8)11-6/h2-3,5H,1H3. The van der Waals surface area contributed by atoms with Gasteiger partial charge in [0.25, 0.3) is 0 Å². The first-order chi connectivity index (χ1) is 5.79. The van der Waals surface area contributed by atoms with Crippen molar-refractivity contribution in [2.75, 3.05) is 0 Å². The zero-order valence-corrected chi connectivity index (χ0v) is 6.52. The second-order valence-corrected chi connectivity index (χ2v) is 2.52. The molecule has 4 heteroatoms. The summed E-state index contributed by atoms with van der Waals surface area (Å²) in [7, 11) is 0. The van der Waals surface area contributed by atoms with E-state index in [4.69, 9.17) is 5.26 Å². The van der Waals surface area contributed by atoms with Gasteiger partial charge in [0.15, 0.2) is 11.3 Å². The maximum atomic E-state index is 8.55. The zero-order valence-electron chi connectivity index (χ0n) is 6.52. The van der Waals surface area contributed by atoms with Gasteiger partial charge in [-0.05, 0) is 19.1 Å². The van der Waals surface area contributed by atoms with Crippen molar-refractivity contribution in [1.82, 2.24) is 14.6 Å². The summed E-state index contributed by atoms with van der Waals surface area (Å²) in [5, 5.41) is 12.7. The molecule has 0 amide bonds. The number of hydrogen-bond donors (Lipinski definition) is 0. The van der Waals surface area contributed by atoms with Gasteiger partial charge in [-0.15, -0.1) is 0 Å². The Labute approximate surface area is 69.1 Å². The molecule has 0 spiro atoms. The minimum Gasteiger partial charge on any atom is -0.220 e. The van der Waals surface area contributed by atoms with Gasteiger partial charge in [0.05, 0.1) is 11.9 Å². The van der Waals surface area contributed by atoms with Crippen molar-refractivity contribution in [3.63, 3.8) is 0 Å². The van der Waals surface area contributed by atoms with Crippen LogP contribution in [0.1, 0.15) is 11.4 Å². The van der Waals surface area contributed by atoms with Gasteiger partial charge in [-0.1, -0.05) is 0 Å². The number of aryl methyl sites for hydroxylation is 1. The van der Waals surface area contributed by atoms with Crippen LogP contribution in [-0.2, 0) is 0 Å². The van der Waals surface area contributed by atoms with Crippen LogP contribution in [0.25, 0.3) is 5.65 Å². The molecule has 0 aromatic carbocycles. The van der Waals surface area contributed by atoms with Crippen molar-refractivity contribution < 1.29 is 0 Å². The Morgan fingerprint density at radius 1 is 1.50 bits per heavy atom. The van der Waals surface area contributed by atoms with Gasteiger partial charge in [0, 0.05) is 0 Å². The third-order valence-corrected chi connectivity index (χ3v) is 1.57. The highest BCUT2D eigenvalue weighted by Gasteiger charge is 1.99. The molecular weight excluding hydrogens is 152 g/mol. The van der Waals surface area contributed by atoms with Gasteiger partial charge in [0.1, 0.15) is 6.07 Å². The Bertz CT molecular complexity index is 463. The van der Waals surface area contributed by atoms with Crippen molar-refractivity contribution in [3.05, 3.63) is 29.7 Å². The number of nitrogens with zero attached hydrogens (tertiary/aromatic N) is 4. The van der Waals surface area contributed by atoms with E-state index in [0.717, 1.165) is 5.69 Å². The van der Waals surface area contributed by atoms with Gasteiger partial charge in [-0.3, -0.25) is 0 Å². The summed E-state index contributed by atoms with van der Waals surface area (Å²) >= 11 is 0. The van der Waals surface area contributed by atoms with E-state index in [1.165, 1.54) is 0 Å². The first-order valence-corrected chi connectivity index (χ1v) is 3.53. The predicted molar refractivity (Wildman–Crippen MR) is 42.4 cm³/mol. The van der Waals surface area contributed by atoms with Crippen LogP contribution in [0.3, 0.4) is 0 Å². The summed E-state index contributed by atoms with van der Waals surface area (Å²) in [5.74, 6) is 0. The molecular formula is C8H6N4. The molecule has 0 aliphatic rings. The molecule has 2 aromatic rings. The highest BCUT2D eigenvalue weighted by molar-refractivity contribution is 5.41. The molecule has 58 valence electrons. The number of nitriles is 1. The lowest BCUT2D eigenvalue weighted by molar-refractivity contribution is 0.900. The highest BCUT2D eigenvalue weighted by atomic mass is 15.2. The largest absolute Gasteiger partial charge is 0.220 e. The van der Waals surface area contributed by atoms with Crippen LogP contribution in [0.5, 0.6) is 0 Å². The van der Waals surface area contributed by atoms with Crippen LogP contribution in [-0.4, -0.2) is 14.6 Å². The summed E-state index contributed by atoms with van der Waals surface area (Å²) in [6.07, 6.45) is 1.61. The molecule has 2 aromatic heterocycles. The fraction of sp³-hybridized carbons (Fsp3) is 0.125. The number of fused-ring (bicyclic) bond motifs is 1. The molecule has 0 saturated heterocycles. The van der Waals surface area contributed by atoms with E-state index in [1.807, 2.05) is 25.1 Å². The maximum Gasteiger partial charge on any atom is 0.161 e. The molecule has 0 unspecified atom stereocenters. The third-order valence-electron chi connectivity index (χ3n) is 1.57. The van der Waals surface area contributed by atoms with Crippen LogP contribution in [0.2, 0.25) is 0 Å². The van der Waals surface area contributed by atoms with Crippen molar-refractivity contribution in [3.8, 4) is 6.07 Å². The second kappa shape index (κ2) is 2.31. The summed E-state index contributed by atoms with van der Waals surface area (Å²) in [5.41, 5.74) is 2.01. The van der Waals surface area contributed by atoms with Gasteiger partial charge in [0.2, 0.25) is 0 Å². The Morgan fingerprint density at radius 2 is 2.33 bits per heavy atom. The first-order valence-electron chi connectivity index (χ1n) is 3.53. The van der Waals surface area contributed by atoms with E-state index < -0.39 is 0 Å². The molecule has 0 aliphatic carbocycles. The van der Waals surface area contributed by atoms with Crippen LogP contribution < -0.4 is 0 Å². The molecule has 0 bridgehead atoms. The number of hydrogen-bond acceptors (Lipinski definition) is 3. The molecule has 4 nitrogen and oxygen atoms in total. The van der Waals surface area contributed by atoms with E-state index in [0.29, 0.717) is 11.3 Å². The van der Waals surface area contributed by atoms with Crippen LogP contribution in [0.4, 0.5) is 0 Å². The smallest absolute Gasteiger partial charge is 0.161 e. The molecule has 0 radical (unpaired) electrons. The summed E-state index contributed by atoms with van der Waals surface area (Å²) in [6.45, 7) is 1.89. The molecule has 0 fully saturated rings. The summed E-state index contributed by atoms with van der Waals surface area (Å²) in [6, 6.07) is 5.66. The van der Waals surface area contributed by atoms with Crippen LogP contribution >= 0.6 is 0 Å². The average Bonchev–Trinajstić information content (AvgIpc) is 2.46. The van der Waals surface area contributed by atoms with Crippen molar-refractivity contribution >= 4 is 5.65 Å². The molecule has 2 rings (SSSR count). The molecule has 12 heavy (non-hydrogen) atoms. The Balaban J connectivity index is 2.77. The maximum absolute atomic E-state index is 8.55. The van der Waals surface area contributed by atoms with E-state index in [9.17, 15) is 0 Å². The fourth-order valence-corrected chi connectivity index (χ4v) is 1.03. The Hall–Kier alpha value is -1.89. The molecule has 2 heterocycles. The zero-order chi connectivity index (χ0) is 8.55. The molecule has 0 aliphatic heterocycles. The van der Waals surface area contributed by atoms with E-state index in [2.05, 4.69) is 10.1 Å². The van der Waals surface area contributed by atoms with Gasteiger partial charge in [-0.2, -0.15) is 10.4 Å². The average molecular weight is 158 g/mol. The lowest BCUT2D eigenvalue weighted by Crippen LogP contribution is -1.91. The Kier molecular flexibility index (Phi) is 1.31. The first kappa shape index (κ1) is 6.80. The van der Waals surface area contributed by atoms with Crippen molar-refractivity contribution in [2.45, 2.75) is 6.92 Å². The number of aromatic nitrogens is 3. The third kappa shape index (κ3) is 0.920. The lowest BCUT2D eigenvalue weighted by Gasteiger charge is -1.91. The van der Waals surface area contributed by atoms with Crippen LogP contribution in [0.15, 0.2) is 18.3 Å². The Morgan fingerprint density at radius 3 is 3.08 bits per heavy atom. The topological polar surface area (TPSA) is 54.0 Å².